The number of halogens is 3. The second-order valence-electron chi connectivity index (χ2n) is 5.51. The van der Waals surface area contributed by atoms with Crippen molar-refractivity contribution in [1.29, 1.82) is 0 Å². The van der Waals surface area contributed by atoms with Gasteiger partial charge in [0, 0.05) is 18.6 Å². The molecule has 0 atom stereocenters. The van der Waals surface area contributed by atoms with Crippen LogP contribution in [0.1, 0.15) is 30.8 Å². The number of sulfone groups is 1. The van der Waals surface area contributed by atoms with Crippen LogP contribution in [0, 0.1) is 0 Å². The van der Waals surface area contributed by atoms with Gasteiger partial charge in [0.05, 0.1) is 12.1 Å². The fourth-order valence-corrected chi connectivity index (χ4v) is 2.02. The van der Waals surface area contributed by atoms with Gasteiger partial charge in [-0.2, -0.15) is 18.0 Å². The van der Waals surface area contributed by atoms with Gasteiger partial charge in [0.1, 0.15) is 4.75 Å². The van der Waals surface area contributed by atoms with Gasteiger partial charge in [0.2, 0.25) is 0 Å². The van der Waals surface area contributed by atoms with Crippen molar-refractivity contribution in [2.75, 3.05) is 6.26 Å². The van der Waals surface area contributed by atoms with Crippen molar-refractivity contribution in [3.05, 3.63) is 35.4 Å². The quantitative estimate of drug-likeness (QED) is 0.829. The monoisotopic (exact) mass is 349 g/mol. The SMILES string of the molecule is CC(C)(c1nnn(Cc2cncc(C(F)(F)F)c2)n1)S(C)(=O)=O. The predicted molar refractivity (Wildman–Crippen MR) is 74.0 cm³/mol. The molecule has 11 heteroatoms. The first kappa shape index (κ1) is 17.3. The Balaban J connectivity index is 2.27. The molecule has 0 saturated carbocycles. The van der Waals surface area contributed by atoms with Crippen LogP contribution >= 0.6 is 0 Å². The summed E-state index contributed by atoms with van der Waals surface area (Å²) in [5.74, 6) is -0.0278. The van der Waals surface area contributed by atoms with Gasteiger partial charge in [0.15, 0.2) is 15.7 Å². The molecule has 0 amide bonds. The molecule has 0 aliphatic heterocycles. The molecule has 2 aromatic rings. The number of pyridine rings is 1. The molecule has 0 unspecified atom stereocenters. The number of tetrazole rings is 1. The van der Waals surface area contributed by atoms with Crippen LogP contribution in [0.25, 0.3) is 0 Å². The Morgan fingerprint density at radius 1 is 1.22 bits per heavy atom. The fourth-order valence-electron chi connectivity index (χ4n) is 1.61. The van der Waals surface area contributed by atoms with Crippen LogP contribution in [-0.2, 0) is 27.3 Å². The van der Waals surface area contributed by atoms with Gasteiger partial charge < -0.3 is 0 Å². The van der Waals surface area contributed by atoms with E-state index < -0.39 is 26.3 Å². The molecular formula is C12H14F3N5O2S. The summed E-state index contributed by atoms with van der Waals surface area (Å²) in [6.07, 6.45) is -1.48. The second kappa shape index (κ2) is 5.55. The van der Waals surface area contributed by atoms with Gasteiger partial charge in [-0.05, 0) is 30.7 Å². The van der Waals surface area contributed by atoms with Crippen LogP contribution in [-0.4, -0.2) is 39.9 Å². The highest BCUT2D eigenvalue weighted by Crippen LogP contribution is 2.29. The van der Waals surface area contributed by atoms with Crippen LogP contribution in [0.3, 0.4) is 0 Å². The van der Waals surface area contributed by atoms with E-state index >= 15 is 0 Å². The van der Waals surface area contributed by atoms with Gasteiger partial charge in [-0.15, -0.1) is 10.2 Å². The maximum Gasteiger partial charge on any atom is 0.417 e. The summed E-state index contributed by atoms with van der Waals surface area (Å²) in [5.41, 5.74) is -0.659. The Morgan fingerprint density at radius 3 is 2.43 bits per heavy atom. The van der Waals surface area contributed by atoms with Crippen molar-refractivity contribution in [3.63, 3.8) is 0 Å². The third kappa shape index (κ3) is 3.66. The average molecular weight is 349 g/mol. The number of alkyl halides is 3. The molecule has 0 aliphatic carbocycles. The molecule has 0 N–H and O–H groups in total. The van der Waals surface area contributed by atoms with Crippen LogP contribution in [0.4, 0.5) is 13.2 Å². The lowest BCUT2D eigenvalue weighted by Crippen LogP contribution is -2.29. The summed E-state index contributed by atoms with van der Waals surface area (Å²) in [5, 5.41) is 11.3. The minimum absolute atomic E-state index is 0.0278. The molecule has 126 valence electrons. The van der Waals surface area contributed by atoms with E-state index in [9.17, 15) is 21.6 Å². The summed E-state index contributed by atoms with van der Waals surface area (Å²) >= 11 is 0. The molecule has 0 aliphatic rings. The van der Waals surface area contributed by atoms with Crippen LogP contribution in [0.5, 0.6) is 0 Å². The molecule has 0 radical (unpaired) electrons. The average Bonchev–Trinajstić information content (AvgIpc) is 2.86. The third-order valence-electron chi connectivity index (χ3n) is 3.36. The molecule has 2 rings (SSSR count). The molecule has 0 saturated heterocycles. The first-order valence-electron chi connectivity index (χ1n) is 6.40. The van der Waals surface area contributed by atoms with Gasteiger partial charge >= 0.3 is 6.18 Å². The molecule has 2 heterocycles. The van der Waals surface area contributed by atoms with E-state index in [-0.39, 0.29) is 17.9 Å². The molecule has 23 heavy (non-hydrogen) atoms. The Labute approximate surface area is 130 Å². The Morgan fingerprint density at radius 2 is 1.87 bits per heavy atom. The third-order valence-corrected chi connectivity index (χ3v) is 5.40. The second-order valence-corrected chi connectivity index (χ2v) is 8.07. The van der Waals surface area contributed by atoms with Crippen LogP contribution < -0.4 is 0 Å². The molecule has 7 nitrogen and oxygen atoms in total. The van der Waals surface area contributed by atoms with E-state index in [1.165, 1.54) is 20.0 Å². The van der Waals surface area contributed by atoms with Gasteiger partial charge in [-0.3, -0.25) is 4.98 Å². The summed E-state index contributed by atoms with van der Waals surface area (Å²) in [6, 6.07) is 0.928. The highest BCUT2D eigenvalue weighted by molar-refractivity contribution is 7.91. The zero-order valence-electron chi connectivity index (χ0n) is 12.5. The summed E-state index contributed by atoms with van der Waals surface area (Å²) < 4.78 is 60.0. The Hall–Kier alpha value is -2.04. The fraction of sp³-hybridized carbons (Fsp3) is 0.500. The minimum atomic E-state index is -4.50. The number of nitrogens with zero attached hydrogens (tertiary/aromatic N) is 5. The van der Waals surface area contributed by atoms with Crippen molar-refractivity contribution >= 4 is 9.84 Å². The lowest BCUT2D eigenvalue weighted by molar-refractivity contribution is -0.137. The topological polar surface area (TPSA) is 90.6 Å². The zero-order valence-corrected chi connectivity index (χ0v) is 13.4. The summed E-state index contributed by atoms with van der Waals surface area (Å²) in [6.45, 7) is 2.74. The zero-order chi connectivity index (χ0) is 17.5. The Kier molecular flexibility index (Phi) is 4.18. The smallest absolute Gasteiger partial charge is 0.264 e. The van der Waals surface area contributed by atoms with E-state index in [4.69, 9.17) is 0 Å². The highest BCUT2D eigenvalue weighted by Gasteiger charge is 2.37. The summed E-state index contributed by atoms with van der Waals surface area (Å²) in [4.78, 5) is 4.56. The maximum atomic E-state index is 12.6. The molecular weight excluding hydrogens is 335 g/mol. The van der Waals surface area contributed by atoms with Crippen molar-refractivity contribution < 1.29 is 21.6 Å². The Bertz CT molecular complexity index is 814. The van der Waals surface area contributed by atoms with E-state index in [2.05, 4.69) is 20.4 Å². The standard InChI is InChI=1S/C12H14F3N5O2S/c1-11(2,23(3,21)22)10-17-19-20(18-10)7-8-4-9(6-16-5-8)12(13,14)15/h4-6H,7H2,1-3H3. The van der Waals surface area contributed by atoms with E-state index in [0.717, 1.165) is 23.3 Å². The highest BCUT2D eigenvalue weighted by atomic mass is 32.2. The van der Waals surface area contributed by atoms with Gasteiger partial charge in [-0.25, -0.2) is 8.42 Å². The first-order valence-corrected chi connectivity index (χ1v) is 8.29. The largest absolute Gasteiger partial charge is 0.417 e. The van der Waals surface area contributed by atoms with Crippen molar-refractivity contribution in [2.24, 2.45) is 0 Å². The molecule has 0 aromatic carbocycles. The molecule has 2 aromatic heterocycles. The lowest BCUT2D eigenvalue weighted by Gasteiger charge is -2.17. The van der Waals surface area contributed by atoms with E-state index in [1.807, 2.05) is 0 Å². The molecule has 0 spiro atoms. The van der Waals surface area contributed by atoms with E-state index in [1.54, 1.807) is 0 Å². The number of hydrogen-bond donors (Lipinski definition) is 0. The van der Waals surface area contributed by atoms with Crippen molar-refractivity contribution in [2.45, 2.75) is 31.3 Å². The maximum absolute atomic E-state index is 12.6. The first-order chi connectivity index (χ1) is 10.4. The molecule has 0 bridgehead atoms. The number of aromatic nitrogens is 5. The van der Waals surface area contributed by atoms with Crippen molar-refractivity contribution in [1.82, 2.24) is 25.2 Å². The summed E-state index contributed by atoms with van der Waals surface area (Å²) in [7, 11) is -3.48. The van der Waals surface area contributed by atoms with Gasteiger partial charge in [-0.1, -0.05) is 0 Å². The van der Waals surface area contributed by atoms with Crippen molar-refractivity contribution in [3.8, 4) is 0 Å². The van der Waals surface area contributed by atoms with Crippen LogP contribution in [0.15, 0.2) is 18.5 Å². The predicted octanol–water partition coefficient (Wildman–Crippen LogP) is 1.41. The molecule has 0 fully saturated rings. The lowest BCUT2D eigenvalue weighted by atomic mass is 10.2. The van der Waals surface area contributed by atoms with Crippen LogP contribution in [0.2, 0.25) is 0 Å². The number of rotatable bonds is 4. The minimum Gasteiger partial charge on any atom is -0.264 e. The number of hydrogen-bond acceptors (Lipinski definition) is 6. The van der Waals surface area contributed by atoms with Gasteiger partial charge in [0.25, 0.3) is 0 Å². The van der Waals surface area contributed by atoms with E-state index in [0.29, 0.717) is 0 Å². The normalized spacial score (nSPS) is 13.3.